The molecule has 0 spiro atoms. The normalized spacial score (nSPS) is 18.5. The average molecular weight is 496 g/mol. The van der Waals surface area contributed by atoms with Crippen LogP contribution in [0.3, 0.4) is 0 Å². The van der Waals surface area contributed by atoms with E-state index in [0.29, 0.717) is 17.8 Å². The van der Waals surface area contributed by atoms with E-state index in [0.717, 1.165) is 10.7 Å². The Balaban J connectivity index is 1.79. The van der Waals surface area contributed by atoms with Crippen LogP contribution in [0.2, 0.25) is 0 Å². The first kappa shape index (κ1) is 24.4. The first-order chi connectivity index (χ1) is 16.5. The van der Waals surface area contributed by atoms with E-state index in [1.807, 2.05) is 0 Å². The number of methoxy groups -OCH3 is 1. The van der Waals surface area contributed by atoms with Crippen molar-refractivity contribution in [3.05, 3.63) is 54.0 Å². The van der Waals surface area contributed by atoms with Gasteiger partial charge in [-0.2, -0.15) is 13.9 Å². The molecule has 35 heavy (non-hydrogen) atoms. The van der Waals surface area contributed by atoms with E-state index in [2.05, 4.69) is 10.4 Å². The van der Waals surface area contributed by atoms with Crippen LogP contribution in [0.15, 0.2) is 42.6 Å². The number of carbonyl (C=O) groups excluding carboxylic acids is 2. The molecule has 4 rings (SSSR count). The molecule has 1 unspecified atom stereocenters. The molecule has 12 heteroatoms. The van der Waals surface area contributed by atoms with Crippen LogP contribution in [-0.4, -0.2) is 47.1 Å². The number of amides is 2. The molecule has 2 amide bonds. The number of nitrogens with zero attached hydrogens (tertiary/aromatic N) is 3. The lowest BCUT2D eigenvalue weighted by Gasteiger charge is -2.30. The van der Waals surface area contributed by atoms with Crippen LogP contribution >= 0.6 is 0 Å². The predicted octanol–water partition coefficient (Wildman–Crippen LogP) is 4.07. The molecule has 1 aromatic heterocycles. The third-order valence-electron chi connectivity index (χ3n) is 5.77. The van der Waals surface area contributed by atoms with E-state index < -0.39 is 48.6 Å². The average Bonchev–Trinajstić information content (AvgIpc) is 3.32. The van der Waals surface area contributed by atoms with Crippen LogP contribution in [0.25, 0.3) is 10.9 Å². The highest BCUT2D eigenvalue weighted by Crippen LogP contribution is 2.40. The van der Waals surface area contributed by atoms with Crippen LogP contribution in [0.4, 0.5) is 27.6 Å². The predicted molar refractivity (Wildman–Crippen MR) is 116 cm³/mol. The van der Waals surface area contributed by atoms with Gasteiger partial charge >= 0.3 is 5.92 Å². The molecule has 2 atom stereocenters. The molecular formula is C23H21F5N4O3. The van der Waals surface area contributed by atoms with Crippen LogP contribution in [0, 0.1) is 5.82 Å². The summed E-state index contributed by atoms with van der Waals surface area (Å²) >= 11 is 0. The molecule has 0 aliphatic carbocycles. The fourth-order valence-electron chi connectivity index (χ4n) is 4.19. The first-order valence-electron chi connectivity index (χ1n) is 10.6. The van der Waals surface area contributed by atoms with Crippen molar-refractivity contribution in [3.63, 3.8) is 0 Å². The van der Waals surface area contributed by atoms with Crippen LogP contribution in [0.1, 0.15) is 24.9 Å². The number of rotatable bonds is 7. The van der Waals surface area contributed by atoms with E-state index in [1.54, 1.807) is 0 Å². The van der Waals surface area contributed by atoms with Crippen LogP contribution in [-0.2, 0) is 16.1 Å². The summed E-state index contributed by atoms with van der Waals surface area (Å²) in [4.78, 5) is 26.3. The number of nitrogens with one attached hydrogen (secondary N) is 1. The molecule has 186 valence electrons. The number of ether oxygens (including phenoxy) is 1. The molecule has 2 heterocycles. The number of halogens is 5. The molecule has 1 saturated heterocycles. The van der Waals surface area contributed by atoms with Gasteiger partial charge in [0.1, 0.15) is 18.1 Å². The zero-order valence-corrected chi connectivity index (χ0v) is 18.6. The van der Waals surface area contributed by atoms with Crippen molar-refractivity contribution in [3.8, 4) is 5.75 Å². The van der Waals surface area contributed by atoms with Crippen molar-refractivity contribution >= 4 is 28.4 Å². The van der Waals surface area contributed by atoms with E-state index in [-0.39, 0.29) is 23.4 Å². The van der Waals surface area contributed by atoms with Crippen molar-refractivity contribution in [2.45, 2.75) is 44.3 Å². The lowest BCUT2D eigenvalue weighted by atomic mass is 9.98. The monoisotopic (exact) mass is 496 g/mol. The zero-order chi connectivity index (χ0) is 25.5. The molecule has 2 aromatic carbocycles. The fourth-order valence-corrected chi connectivity index (χ4v) is 4.19. The third-order valence-corrected chi connectivity index (χ3v) is 5.77. The second-order valence-corrected chi connectivity index (χ2v) is 8.23. The summed E-state index contributed by atoms with van der Waals surface area (Å²) in [6.07, 6.45) is -1.65. The fraction of sp³-hybridized carbons (Fsp3) is 0.348. The maximum Gasteiger partial charge on any atom is 0.321 e. The molecule has 0 saturated carbocycles. The lowest BCUT2D eigenvalue weighted by molar-refractivity contribution is -0.143. The van der Waals surface area contributed by atoms with Gasteiger partial charge in [-0.1, -0.05) is 0 Å². The molecular weight excluding hydrogens is 475 g/mol. The minimum Gasteiger partial charge on any atom is -0.497 e. The van der Waals surface area contributed by atoms with Gasteiger partial charge in [0.15, 0.2) is 0 Å². The summed E-state index contributed by atoms with van der Waals surface area (Å²) in [6, 6.07) is 5.89. The van der Waals surface area contributed by atoms with E-state index in [4.69, 9.17) is 4.74 Å². The number of alkyl halides is 4. The highest BCUT2D eigenvalue weighted by atomic mass is 19.3. The Labute approximate surface area is 196 Å². The van der Waals surface area contributed by atoms with Crippen molar-refractivity contribution in [2.24, 2.45) is 0 Å². The van der Waals surface area contributed by atoms with Gasteiger partial charge < -0.3 is 15.0 Å². The van der Waals surface area contributed by atoms with Crippen LogP contribution < -0.4 is 15.0 Å². The number of anilines is 1. The molecule has 0 radical (unpaired) electrons. The molecule has 1 aliphatic rings. The topological polar surface area (TPSA) is 76.5 Å². The van der Waals surface area contributed by atoms with Gasteiger partial charge in [-0.3, -0.25) is 14.3 Å². The Kier molecular flexibility index (Phi) is 6.39. The number of hydrogen-bond donors (Lipinski definition) is 1. The molecule has 1 N–H and O–H groups in total. The Bertz CT molecular complexity index is 1270. The summed E-state index contributed by atoms with van der Waals surface area (Å²) < 4.78 is 74.1. The third kappa shape index (κ3) is 4.77. The smallest absolute Gasteiger partial charge is 0.321 e. The summed E-state index contributed by atoms with van der Waals surface area (Å²) in [7, 11) is 1.36. The molecule has 0 bridgehead atoms. The van der Waals surface area contributed by atoms with Gasteiger partial charge in [0.05, 0.1) is 30.9 Å². The lowest BCUT2D eigenvalue weighted by Crippen LogP contribution is -2.46. The van der Waals surface area contributed by atoms with E-state index in [1.165, 1.54) is 48.5 Å². The second-order valence-electron chi connectivity index (χ2n) is 8.23. The maximum atomic E-state index is 15.0. The SMILES string of the molecule is COc1ccc(F)c(C2[C@@H](NC(=O)C(C)(F)F)CC(=O)N2c2ccc3c(cnn3CC(F)F)c2)c1. The standard InChI is InChI=1S/C23H21F5N4O3/c1-23(27,28)22(34)30-17-9-20(33)32(21(17)15-8-14(35-2)4-5-16(15)24)13-3-6-18-12(7-13)10-29-31(18)11-19(25)26/h3-8,10,17,19,21H,9,11H2,1-2H3,(H,30,34)/t17-,21?/m0/s1. The van der Waals surface area contributed by atoms with Crippen molar-refractivity contribution in [1.29, 1.82) is 0 Å². The Morgan fingerprint density at radius 3 is 2.66 bits per heavy atom. The zero-order valence-electron chi connectivity index (χ0n) is 18.6. The summed E-state index contributed by atoms with van der Waals surface area (Å²) in [6.45, 7) is -0.203. The molecule has 1 fully saturated rings. The number of hydrogen-bond acceptors (Lipinski definition) is 4. The molecule has 7 nitrogen and oxygen atoms in total. The minimum atomic E-state index is -3.72. The van der Waals surface area contributed by atoms with Crippen molar-refractivity contribution < 1.29 is 36.3 Å². The number of carbonyl (C=O) groups is 2. The maximum absolute atomic E-state index is 15.0. The number of fused-ring (bicyclic) bond motifs is 1. The van der Waals surface area contributed by atoms with Crippen molar-refractivity contribution in [2.75, 3.05) is 12.0 Å². The number of aromatic nitrogens is 2. The van der Waals surface area contributed by atoms with Gasteiger partial charge in [0.25, 0.3) is 12.3 Å². The Hall–Kier alpha value is -3.70. The van der Waals surface area contributed by atoms with E-state index in [9.17, 15) is 31.5 Å². The highest BCUT2D eigenvalue weighted by molar-refractivity contribution is 6.00. The van der Waals surface area contributed by atoms with Gasteiger partial charge in [0, 0.05) is 30.0 Å². The quantitative estimate of drug-likeness (QED) is 0.501. The summed E-state index contributed by atoms with van der Waals surface area (Å²) in [5.41, 5.74) is 0.597. The molecule has 3 aromatic rings. The second kappa shape index (κ2) is 9.16. The summed E-state index contributed by atoms with van der Waals surface area (Å²) in [5.74, 6) is -6.35. The molecule has 1 aliphatic heterocycles. The van der Waals surface area contributed by atoms with Gasteiger partial charge in [-0.25, -0.2) is 13.2 Å². The first-order valence-corrected chi connectivity index (χ1v) is 10.6. The summed E-state index contributed by atoms with van der Waals surface area (Å²) in [5, 5.41) is 6.54. The number of benzene rings is 2. The largest absolute Gasteiger partial charge is 0.497 e. The Morgan fingerprint density at radius 1 is 1.26 bits per heavy atom. The highest BCUT2D eigenvalue weighted by Gasteiger charge is 2.46. The van der Waals surface area contributed by atoms with E-state index >= 15 is 0 Å². The van der Waals surface area contributed by atoms with Crippen molar-refractivity contribution in [1.82, 2.24) is 15.1 Å². The Morgan fingerprint density at radius 2 is 2.00 bits per heavy atom. The van der Waals surface area contributed by atoms with Gasteiger partial charge in [-0.15, -0.1) is 0 Å². The van der Waals surface area contributed by atoms with Gasteiger partial charge in [0.2, 0.25) is 5.91 Å². The van der Waals surface area contributed by atoms with Gasteiger partial charge in [-0.05, 0) is 36.4 Å². The van der Waals surface area contributed by atoms with Crippen LogP contribution in [0.5, 0.6) is 5.75 Å². The minimum absolute atomic E-state index is 0.0478.